The van der Waals surface area contributed by atoms with Crippen molar-refractivity contribution in [2.45, 2.75) is 64.8 Å². The Hall–Kier alpha value is -2.93. The van der Waals surface area contributed by atoms with Crippen molar-refractivity contribution in [3.8, 4) is 5.75 Å². The molecule has 0 bridgehead atoms. The first-order chi connectivity index (χ1) is 17.8. The molecule has 3 unspecified atom stereocenters. The van der Waals surface area contributed by atoms with Crippen LogP contribution < -0.4 is 4.74 Å². The Balaban J connectivity index is 1.69. The topological polar surface area (TPSA) is 70.1 Å². The molecule has 2 aromatic carbocycles. The maximum Gasteiger partial charge on any atom is 0.309 e. The molecule has 2 heterocycles. The summed E-state index contributed by atoms with van der Waals surface area (Å²) in [5.74, 6) is -1.58. The van der Waals surface area contributed by atoms with Crippen LogP contribution in [0.3, 0.4) is 0 Å². The Morgan fingerprint density at radius 3 is 2.43 bits per heavy atom. The van der Waals surface area contributed by atoms with Crippen LogP contribution >= 0.6 is 0 Å². The first kappa shape index (κ1) is 27.1. The van der Waals surface area contributed by atoms with Crippen LogP contribution in [0.1, 0.15) is 73.7 Å². The normalized spacial score (nSPS) is 21.0. The largest absolute Gasteiger partial charge is 0.493 e. The van der Waals surface area contributed by atoms with E-state index in [1.807, 2.05) is 21.9 Å². The van der Waals surface area contributed by atoms with E-state index >= 15 is 0 Å². The second kappa shape index (κ2) is 12.1. The SMILES string of the molecule is CCCCN(CCCC)C(=O)CN1CC(c2ccc3c(c2)CCO3)C(C(=O)O)C1c1ccc(C)c(F)c1. The highest BCUT2D eigenvalue weighted by Crippen LogP contribution is 2.47. The number of fused-ring (bicyclic) bond motifs is 1. The molecule has 200 valence electrons. The summed E-state index contributed by atoms with van der Waals surface area (Å²) in [4.78, 5) is 30.2. The molecule has 1 saturated heterocycles. The molecular weight excluding hydrogens is 471 g/mol. The van der Waals surface area contributed by atoms with E-state index in [-0.39, 0.29) is 24.2 Å². The van der Waals surface area contributed by atoms with Crippen LogP contribution in [0.4, 0.5) is 4.39 Å². The van der Waals surface area contributed by atoms with Crippen molar-refractivity contribution in [2.24, 2.45) is 5.92 Å². The van der Waals surface area contributed by atoms with Crippen LogP contribution in [-0.2, 0) is 16.0 Å². The number of rotatable bonds is 11. The van der Waals surface area contributed by atoms with E-state index in [2.05, 4.69) is 19.9 Å². The predicted molar refractivity (Wildman–Crippen MR) is 141 cm³/mol. The van der Waals surface area contributed by atoms with Gasteiger partial charge in [-0.05, 0) is 54.2 Å². The van der Waals surface area contributed by atoms with Gasteiger partial charge < -0.3 is 14.7 Å². The third-order valence-corrected chi connectivity index (χ3v) is 7.82. The maximum atomic E-state index is 14.7. The van der Waals surface area contributed by atoms with Gasteiger partial charge in [0, 0.05) is 38.0 Å². The lowest BCUT2D eigenvalue weighted by Crippen LogP contribution is -2.42. The molecule has 0 aromatic heterocycles. The molecule has 37 heavy (non-hydrogen) atoms. The summed E-state index contributed by atoms with van der Waals surface area (Å²) in [5, 5.41) is 10.4. The number of nitrogens with zero attached hydrogens (tertiary/aromatic N) is 2. The fraction of sp³-hybridized carbons (Fsp3) is 0.533. The molecule has 0 saturated carbocycles. The Morgan fingerprint density at radius 2 is 1.78 bits per heavy atom. The molecule has 0 spiro atoms. The number of carboxylic acid groups (broad SMARTS) is 1. The summed E-state index contributed by atoms with van der Waals surface area (Å²) in [6, 6.07) is 10.2. The number of hydrogen-bond acceptors (Lipinski definition) is 4. The van der Waals surface area contributed by atoms with Crippen molar-refractivity contribution in [1.29, 1.82) is 0 Å². The van der Waals surface area contributed by atoms with E-state index in [9.17, 15) is 19.1 Å². The highest BCUT2D eigenvalue weighted by atomic mass is 19.1. The lowest BCUT2D eigenvalue weighted by Gasteiger charge is -2.30. The van der Waals surface area contributed by atoms with Gasteiger partial charge in [-0.25, -0.2) is 4.39 Å². The van der Waals surface area contributed by atoms with Crippen LogP contribution in [0.25, 0.3) is 0 Å². The third-order valence-electron chi connectivity index (χ3n) is 7.82. The highest BCUT2D eigenvalue weighted by Gasteiger charge is 2.48. The van der Waals surface area contributed by atoms with Gasteiger partial charge in [0.15, 0.2) is 0 Å². The Bertz CT molecular complexity index is 1110. The number of carbonyl (C=O) groups excluding carboxylic acids is 1. The van der Waals surface area contributed by atoms with Crippen molar-refractivity contribution < 1.29 is 23.8 Å². The summed E-state index contributed by atoms with van der Waals surface area (Å²) in [5.41, 5.74) is 3.12. The molecule has 2 aliphatic rings. The van der Waals surface area contributed by atoms with E-state index in [4.69, 9.17) is 4.74 Å². The van der Waals surface area contributed by atoms with Crippen molar-refractivity contribution in [1.82, 2.24) is 9.80 Å². The summed E-state index contributed by atoms with van der Waals surface area (Å²) < 4.78 is 20.3. The molecule has 4 rings (SSSR count). The fourth-order valence-electron chi connectivity index (χ4n) is 5.69. The third kappa shape index (κ3) is 5.98. The van der Waals surface area contributed by atoms with Gasteiger partial charge in [0.2, 0.25) is 5.91 Å². The van der Waals surface area contributed by atoms with E-state index in [0.29, 0.717) is 37.4 Å². The lowest BCUT2D eigenvalue weighted by atomic mass is 9.82. The number of unbranched alkanes of at least 4 members (excludes halogenated alkanes) is 2. The summed E-state index contributed by atoms with van der Waals surface area (Å²) in [6.45, 7) is 8.46. The monoisotopic (exact) mass is 510 g/mol. The van der Waals surface area contributed by atoms with Crippen molar-refractivity contribution in [3.63, 3.8) is 0 Å². The van der Waals surface area contributed by atoms with Gasteiger partial charge >= 0.3 is 5.97 Å². The van der Waals surface area contributed by atoms with E-state index in [1.54, 1.807) is 19.1 Å². The van der Waals surface area contributed by atoms with Gasteiger partial charge in [-0.2, -0.15) is 0 Å². The number of ether oxygens (including phenoxy) is 1. The average molecular weight is 511 g/mol. The minimum absolute atomic E-state index is 0.00613. The lowest BCUT2D eigenvalue weighted by molar-refractivity contribution is -0.144. The molecule has 0 aliphatic carbocycles. The maximum absolute atomic E-state index is 14.7. The predicted octanol–water partition coefficient (Wildman–Crippen LogP) is 5.34. The van der Waals surface area contributed by atoms with Gasteiger partial charge in [0.25, 0.3) is 0 Å². The van der Waals surface area contributed by atoms with E-state index in [0.717, 1.165) is 49.0 Å². The van der Waals surface area contributed by atoms with Gasteiger partial charge in [-0.1, -0.05) is 51.0 Å². The molecule has 7 heteroatoms. The number of aliphatic carboxylic acids is 1. The Morgan fingerprint density at radius 1 is 1.08 bits per heavy atom. The molecule has 1 N–H and O–H groups in total. The standard InChI is InChI=1S/C30H39FN2O4/c1-4-6-13-32(14-7-5-2)27(34)19-33-18-24(21-10-11-26-22(16-21)12-15-37-26)28(30(35)36)29(33)23-9-8-20(3)25(31)17-23/h8-11,16-17,24,28-29H,4-7,12-15,18-19H2,1-3H3,(H,35,36). The van der Waals surface area contributed by atoms with Crippen LogP contribution in [0, 0.1) is 18.7 Å². The van der Waals surface area contributed by atoms with Crippen molar-refractivity contribution in [3.05, 3.63) is 64.5 Å². The number of amides is 1. The zero-order chi connectivity index (χ0) is 26.5. The molecule has 0 radical (unpaired) electrons. The molecule has 3 atom stereocenters. The van der Waals surface area contributed by atoms with Crippen molar-refractivity contribution >= 4 is 11.9 Å². The quantitative estimate of drug-likeness (QED) is 0.442. The average Bonchev–Trinajstić information content (AvgIpc) is 3.50. The molecular formula is C30H39FN2O4. The van der Waals surface area contributed by atoms with Gasteiger partial charge in [0.1, 0.15) is 11.6 Å². The number of hydrogen-bond donors (Lipinski definition) is 1. The second-order valence-corrected chi connectivity index (χ2v) is 10.4. The number of halogens is 1. The van der Waals surface area contributed by atoms with Gasteiger partial charge in [-0.3, -0.25) is 14.5 Å². The molecule has 1 amide bonds. The number of benzene rings is 2. The molecule has 2 aromatic rings. The number of carbonyl (C=O) groups is 2. The Labute approximate surface area is 219 Å². The summed E-state index contributed by atoms with van der Waals surface area (Å²) >= 11 is 0. The minimum atomic E-state index is -0.934. The number of likely N-dealkylation sites (tertiary alicyclic amines) is 1. The number of carboxylic acids is 1. The smallest absolute Gasteiger partial charge is 0.309 e. The van der Waals surface area contributed by atoms with Crippen molar-refractivity contribution in [2.75, 3.05) is 32.8 Å². The molecule has 6 nitrogen and oxygen atoms in total. The zero-order valence-electron chi connectivity index (χ0n) is 22.2. The molecule has 1 fully saturated rings. The number of aryl methyl sites for hydroxylation is 1. The van der Waals surface area contributed by atoms with Crippen LogP contribution in [0.15, 0.2) is 36.4 Å². The fourth-order valence-corrected chi connectivity index (χ4v) is 5.69. The van der Waals surface area contributed by atoms with Gasteiger partial charge in [-0.15, -0.1) is 0 Å². The molecule has 2 aliphatic heterocycles. The highest BCUT2D eigenvalue weighted by molar-refractivity contribution is 5.79. The zero-order valence-corrected chi connectivity index (χ0v) is 22.2. The van der Waals surface area contributed by atoms with Crippen LogP contribution in [0.5, 0.6) is 5.75 Å². The van der Waals surface area contributed by atoms with Crippen LogP contribution in [0.2, 0.25) is 0 Å². The van der Waals surface area contributed by atoms with E-state index in [1.165, 1.54) is 6.07 Å². The van der Waals surface area contributed by atoms with E-state index < -0.39 is 17.9 Å². The second-order valence-electron chi connectivity index (χ2n) is 10.4. The first-order valence-electron chi connectivity index (χ1n) is 13.6. The summed E-state index contributed by atoms with van der Waals surface area (Å²) in [7, 11) is 0. The minimum Gasteiger partial charge on any atom is -0.493 e. The van der Waals surface area contributed by atoms with Gasteiger partial charge in [0.05, 0.1) is 19.1 Å². The Kier molecular flexibility index (Phi) is 8.85. The summed E-state index contributed by atoms with van der Waals surface area (Å²) in [6.07, 6.45) is 4.65. The van der Waals surface area contributed by atoms with Crippen LogP contribution in [-0.4, -0.2) is 59.6 Å². The first-order valence-corrected chi connectivity index (χ1v) is 13.6.